The molecule has 90 valence electrons. The van der Waals surface area contributed by atoms with Crippen LogP contribution in [0.15, 0.2) is 0 Å². The van der Waals surface area contributed by atoms with Crippen molar-refractivity contribution in [1.82, 2.24) is 4.90 Å². The predicted octanol–water partition coefficient (Wildman–Crippen LogP) is 2.62. The van der Waals surface area contributed by atoms with Gasteiger partial charge in [-0.15, -0.1) is 0 Å². The first-order valence-electron chi connectivity index (χ1n) is 6.66. The van der Waals surface area contributed by atoms with Crippen molar-refractivity contribution >= 4 is 0 Å². The van der Waals surface area contributed by atoms with Gasteiger partial charge in [0.25, 0.3) is 0 Å². The molecule has 1 rings (SSSR count). The summed E-state index contributed by atoms with van der Waals surface area (Å²) in [4.78, 5) is 2.57. The largest absolute Gasteiger partial charge is 0.329 e. The van der Waals surface area contributed by atoms with Crippen LogP contribution in [0.3, 0.4) is 0 Å². The van der Waals surface area contributed by atoms with Crippen molar-refractivity contribution in [1.29, 1.82) is 0 Å². The lowest BCUT2D eigenvalue weighted by Crippen LogP contribution is -2.47. The van der Waals surface area contributed by atoms with Crippen LogP contribution in [-0.2, 0) is 0 Å². The number of nitrogens with zero attached hydrogens (tertiary/aromatic N) is 1. The Labute approximate surface area is 95.2 Å². The topological polar surface area (TPSA) is 29.3 Å². The zero-order valence-electron chi connectivity index (χ0n) is 10.7. The summed E-state index contributed by atoms with van der Waals surface area (Å²) in [7, 11) is 2.28. The normalized spacial score (nSPS) is 20.4. The fourth-order valence-electron chi connectivity index (χ4n) is 3.11. The van der Waals surface area contributed by atoms with Crippen molar-refractivity contribution in [3.63, 3.8) is 0 Å². The maximum Gasteiger partial charge on any atom is 0.0246 e. The molecule has 0 amide bonds. The van der Waals surface area contributed by atoms with Crippen LogP contribution in [-0.4, -0.2) is 30.6 Å². The van der Waals surface area contributed by atoms with Crippen molar-refractivity contribution < 1.29 is 0 Å². The molecule has 0 spiro atoms. The third kappa shape index (κ3) is 3.18. The van der Waals surface area contributed by atoms with Crippen LogP contribution in [0, 0.1) is 5.92 Å². The van der Waals surface area contributed by atoms with Gasteiger partial charge < -0.3 is 5.73 Å². The van der Waals surface area contributed by atoms with Gasteiger partial charge in [0.05, 0.1) is 0 Å². The lowest BCUT2D eigenvalue weighted by Gasteiger charge is -2.37. The third-order valence-electron chi connectivity index (χ3n) is 4.26. The molecule has 0 aromatic heterocycles. The summed E-state index contributed by atoms with van der Waals surface area (Å²) in [6.07, 6.45) is 8.11. The van der Waals surface area contributed by atoms with Crippen LogP contribution in [0.5, 0.6) is 0 Å². The molecular weight excluding hydrogens is 184 g/mol. The highest BCUT2D eigenvalue weighted by Crippen LogP contribution is 2.27. The predicted molar refractivity (Wildman–Crippen MR) is 66.9 cm³/mol. The van der Waals surface area contributed by atoms with Crippen LogP contribution < -0.4 is 5.73 Å². The highest BCUT2D eigenvalue weighted by atomic mass is 15.2. The molecule has 1 fully saturated rings. The molecule has 0 radical (unpaired) electrons. The lowest BCUT2D eigenvalue weighted by atomic mass is 9.92. The Morgan fingerprint density at radius 1 is 1.20 bits per heavy atom. The maximum absolute atomic E-state index is 5.95. The molecule has 0 bridgehead atoms. The van der Waals surface area contributed by atoms with Gasteiger partial charge in [0.2, 0.25) is 0 Å². The second kappa shape index (κ2) is 6.49. The highest BCUT2D eigenvalue weighted by molar-refractivity contribution is 4.84. The summed E-state index contributed by atoms with van der Waals surface area (Å²) in [6, 6.07) is 1.40. The minimum Gasteiger partial charge on any atom is -0.329 e. The summed E-state index contributed by atoms with van der Waals surface area (Å²) < 4.78 is 0. The van der Waals surface area contributed by atoms with Gasteiger partial charge in [-0.3, -0.25) is 4.90 Å². The Kier molecular flexibility index (Phi) is 5.62. The summed E-state index contributed by atoms with van der Waals surface area (Å²) in [5, 5.41) is 0. The summed E-state index contributed by atoms with van der Waals surface area (Å²) in [5.74, 6) is 0.778. The van der Waals surface area contributed by atoms with Crippen molar-refractivity contribution in [2.24, 2.45) is 11.7 Å². The van der Waals surface area contributed by atoms with Crippen LogP contribution in [0.4, 0.5) is 0 Å². The van der Waals surface area contributed by atoms with E-state index in [-0.39, 0.29) is 0 Å². The van der Waals surface area contributed by atoms with Crippen LogP contribution >= 0.6 is 0 Å². The maximum atomic E-state index is 5.95. The standard InChI is InChI=1S/C13H28N2/c1-4-11(5-2)13(10-14)15(3)12-8-6-7-9-12/h11-13H,4-10,14H2,1-3H3. The molecule has 2 nitrogen and oxygen atoms in total. The SMILES string of the molecule is CCC(CC)C(CN)N(C)C1CCCC1. The molecular formula is C13H28N2. The number of hydrogen-bond donors (Lipinski definition) is 1. The molecule has 1 unspecified atom stereocenters. The van der Waals surface area contributed by atoms with E-state index in [1.54, 1.807) is 0 Å². The molecule has 1 atom stereocenters. The molecule has 15 heavy (non-hydrogen) atoms. The minimum atomic E-state index is 0.600. The average molecular weight is 212 g/mol. The van der Waals surface area contributed by atoms with Crippen molar-refractivity contribution in [3.8, 4) is 0 Å². The van der Waals surface area contributed by atoms with Gasteiger partial charge in [0.1, 0.15) is 0 Å². The van der Waals surface area contributed by atoms with Crippen molar-refractivity contribution in [2.45, 2.75) is 64.5 Å². The first-order valence-corrected chi connectivity index (χ1v) is 6.66. The van der Waals surface area contributed by atoms with E-state index in [0.29, 0.717) is 6.04 Å². The quantitative estimate of drug-likeness (QED) is 0.733. The van der Waals surface area contributed by atoms with E-state index in [1.165, 1.54) is 38.5 Å². The Balaban J connectivity index is 2.54. The molecule has 0 aliphatic heterocycles. The molecule has 0 saturated heterocycles. The van der Waals surface area contributed by atoms with E-state index in [0.717, 1.165) is 18.5 Å². The smallest absolute Gasteiger partial charge is 0.0246 e. The van der Waals surface area contributed by atoms with E-state index in [1.807, 2.05) is 0 Å². The van der Waals surface area contributed by atoms with Crippen LogP contribution in [0.25, 0.3) is 0 Å². The van der Waals surface area contributed by atoms with Gasteiger partial charge in [0.15, 0.2) is 0 Å². The molecule has 1 aliphatic carbocycles. The Morgan fingerprint density at radius 2 is 1.73 bits per heavy atom. The van der Waals surface area contributed by atoms with Gasteiger partial charge in [0, 0.05) is 18.6 Å². The fourth-order valence-corrected chi connectivity index (χ4v) is 3.11. The van der Waals surface area contributed by atoms with Gasteiger partial charge in [-0.25, -0.2) is 0 Å². The molecule has 1 saturated carbocycles. The first-order chi connectivity index (χ1) is 7.24. The van der Waals surface area contributed by atoms with E-state index < -0.39 is 0 Å². The lowest BCUT2D eigenvalue weighted by molar-refractivity contribution is 0.124. The molecule has 1 aliphatic rings. The number of hydrogen-bond acceptors (Lipinski definition) is 2. The molecule has 2 N–H and O–H groups in total. The Hall–Kier alpha value is -0.0800. The fraction of sp³-hybridized carbons (Fsp3) is 1.00. The molecule has 0 heterocycles. The van der Waals surface area contributed by atoms with E-state index in [9.17, 15) is 0 Å². The van der Waals surface area contributed by atoms with Crippen molar-refractivity contribution in [2.75, 3.05) is 13.6 Å². The number of nitrogens with two attached hydrogens (primary N) is 1. The van der Waals surface area contributed by atoms with Gasteiger partial charge in [-0.1, -0.05) is 39.5 Å². The van der Waals surface area contributed by atoms with Gasteiger partial charge >= 0.3 is 0 Å². The van der Waals surface area contributed by atoms with E-state index in [4.69, 9.17) is 5.73 Å². The average Bonchev–Trinajstić information content (AvgIpc) is 2.78. The molecule has 2 heteroatoms. The number of likely N-dealkylation sites (N-methyl/N-ethyl adjacent to an activating group) is 1. The van der Waals surface area contributed by atoms with Gasteiger partial charge in [-0.2, -0.15) is 0 Å². The Bertz CT molecular complexity index is 160. The zero-order valence-corrected chi connectivity index (χ0v) is 10.7. The second-order valence-electron chi connectivity index (χ2n) is 4.98. The zero-order chi connectivity index (χ0) is 11.3. The minimum absolute atomic E-state index is 0.600. The first kappa shape index (κ1) is 13.0. The highest BCUT2D eigenvalue weighted by Gasteiger charge is 2.28. The molecule has 0 aromatic rings. The van der Waals surface area contributed by atoms with E-state index in [2.05, 4.69) is 25.8 Å². The number of rotatable bonds is 6. The summed E-state index contributed by atoms with van der Waals surface area (Å²) in [6.45, 7) is 5.40. The molecule has 0 aromatic carbocycles. The van der Waals surface area contributed by atoms with Crippen molar-refractivity contribution in [3.05, 3.63) is 0 Å². The van der Waals surface area contributed by atoms with E-state index >= 15 is 0 Å². The monoisotopic (exact) mass is 212 g/mol. The third-order valence-corrected chi connectivity index (χ3v) is 4.26. The van der Waals surface area contributed by atoms with Crippen LogP contribution in [0.2, 0.25) is 0 Å². The van der Waals surface area contributed by atoms with Gasteiger partial charge in [-0.05, 0) is 25.8 Å². The second-order valence-corrected chi connectivity index (χ2v) is 4.98. The van der Waals surface area contributed by atoms with Crippen LogP contribution in [0.1, 0.15) is 52.4 Å². The summed E-state index contributed by atoms with van der Waals surface area (Å²) >= 11 is 0. The Morgan fingerprint density at radius 3 is 2.13 bits per heavy atom. The summed E-state index contributed by atoms with van der Waals surface area (Å²) in [5.41, 5.74) is 5.95.